The van der Waals surface area contributed by atoms with E-state index in [1.165, 1.54) is 31.5 Å². The van der Waals surface area contributed by atoms with Gasteiger partial charge in [0.05, 0.1) is 17.6 Å². The molecule has 0 heterocycles. The number of amides is 1. The van der Waals surface area contributed by atoms with Crippen molar-refractivity contribution in [3.63, 3.8) is 0 Å². The molecule has 0 radical (unpaired) electrons. The van der Waals surface area contributed by atoms with Crippen LogP contribution >= 0.6 is 0 Å². The lowest BCUT2D eigenvalue weighted by Crippen LogP contribution is -2.16. The zero-order valence-corrected chi connectivity index (χ0v) is 9.57. The van der Waals surface area contributed by atoms with Crippen LogP contribution in [0.4, 0.5) is 10.5 Å². The first kappa shape index (κ1) is 13.4. The van der Waals surface area contributed by atoms with E-state index in [0.29, 0.717) is 5.56 Å². The van der Waals surface area contributed by atoms with E-state index in [-0.39, 0.29) is 5.69 Å². The first-order chi connectivity index (χ1) is 8.65. The van der Waals surface area contributed by atoms with E-state index >= 15 is 0 Å². The molecule has 0 aliphatic rings. The molecule has 7 nitrogen and oxygen atoms in total. The van der Waals surface area contributed by atoms with E-state index in [9.17, 15) is 14.9 Å². The van der Waals surface area contributed by atoms with Crippen molar-refractivity contribution in [3.8, 4) is 0 Å². The number of nitrogens with zero attached hydrogens (tertiary/aromatic N) is 2. The maximum atomic E-state index is 10.7. The second-order valence-corrected chi connectivity index (χ2v) is 3.06. The van der Waals surface area contributed by atoms with Gasteiger partial charge < -0.3 is 4.74 Å². The van der Waals surface area contributed by atoms with Gasteiger partial charge in [-0.2, -0.15) is 5.10 Å². The lowest BCUT2D eigenvalue weighted by molar-refractivity contribution is -0.385. The molecular weight excluding hydrogens is 238 g/mol. The molecule has 0 saturated carbocycles. The van der Waals surface area contributed by atoms with Gasteiger partial charge in [0.2, 0.25) is 0 Å². The number of nitro benzene ring substituents is 1. The number of para-hydroxylation sites is 1. The molecule has 0 saturated heterocycles. The molecule has 1 rings (SSSR count). The van der Waals surface area contributed by atoms with E-state index in [0.717, 1.165) is 0 Å². The number of hydrogen-bond donors (Lipinski definition) is 1. The first-order valence-corrected chi connectivity index (χ1v) is 4.92. The highest BCUT2D eigenvalue weighted by Gasteiger charge is 2.08. The maximum absolute atomic E-state index is 10.7. The molecule has 18 heavy (non-hydrogen) atoms. The largest absolute Gasteiger partial charge is 0.452 e. The summed E-state index contributed by atoms with van der Waals surface area (Å²) in [4.78, 5) is 20.9. The fourth-order valence-electron chi connectivity index (χ4n) is 1.12. The van der Waals surface area contributed by atoms with E-state index in [1.54, 1.807) is 18.2 Å². The van der Waals surface area contributed by atoms with Gasteiger partial charge >= 0.3 is 6.09 Å². The van der Waals surface area contributed by atoms with Crippen LogP contribution in [0.25, 0.3) is 6.08 Å². The van der Waals surface area contributed by atoms with Crippen molar-refractivity contribution in [2.75, 3.05) is 7.11 Å². The number of nitrogens with one attached hydrogen (secondary N) is 1. The van der Waals surface area contributed by atoms with Crippen molar-refractivity contribution >= 4 is 24.1 Å². The van der Waals surface area contributed by atoms with Crippen molar-refractivity contribution in [3.05, 3.63) is 46.0 Å². The topological polar surface area (TPSA) is 93.8 Å². The van der Waals surface area contributed by atoms with Crippen LogP contribution in [0.5, 0.6) is 0 Å². The van der Waals surface area contributed by atoms with Crippen molar-refractivity contribution in [1.82, 2.24) is 5.43 Å². The quantitative estimate of drug-likeness (QED) is 0.501. The van der Waals surface area contributed by atoms with Gasteiger partial charge in [0, 0.05) is 12.3 Å². The molecule has 94 valence electrons. The smallest absolute Gasteiger partial charge is 0.427 e. The van der Waals surface area contributed by atoms with Crippen LogP contribution in [-0.4, -0.2) is 24.3 Å². The van der Waals surface area contributed by atoms with Crippen LogP contribution in [0.3, 0.4) is 0 Å². The van der Waals surface area contributed by atoms with Crippen LogP contribution in [0.1, 0.15) is 5.56 Å². The molecule has 0 spiro atoms. The number of carbonyl (C=O) groups is 1. The molecule has 1 aromatic rings. The average molecular weight is 249 g/mol. The van der Waals surface area contributed by atoms with Crippen molar-refractivity contribution in [2.45, 2.75) is 0 Å². The first-order valence-electron chi connectivity index (χ1n) is 4.92. The highest BCUT2D eigenvalue weighted by Crippen LogP contribution is 2.18. The molecule has 0 aromatic heterocycles. The number of nitro groups is 1. The van der Waals surface area contributed by atoms with Crippen molar-refractivity contribution in [2.24, 2.45) is 5.10 Å². The molecule has 0 fully saturated rings. The van der Waals surface area contributed by atoms with Crippen LogP contribution in [0, 0.1) is 10.1 Å². The molecule has 1 N–H and O–H groups in total. The number of ether oxygens (including phenoxy) is 1. The van der Waals surface area contributed by atoms with Crippen LogP contribution in [0.2, 0.25) is 0 Å². The Bertz CT molecular complexity index is 497. The second-order valence-electron chi connectivity index (χ2n) is 3.06. The Morgan fingerprint density at radius 2 is 2.22 bits per heavy atom. The van der Waals surface area contributed by atoms with Gasteiger partial charge in [0.15, 0.2) is 0 Å². The Kier molecular flexibility index (Phi) is 5.04. The molecule has 0 bridgehead atoms. The van der Waals surface area contributed by atoms with Gasteiger partial charge in [0.1, 0.15) is 0 Å². The Morgan fingerprint density at radius 3 is 2.89 bits per heavy atom. The summed E-state index contributed by atoms with van der Waals surface area (Å²) in [5, 5.41) is 14.2. The van der Waals surface area contributed by atoms with Gasteiger partial charge in [-0.3, -0.25) is 10.1 Å². The number of methoxy groups -OCH3 is 1. The standard InChI is InChI=1S/C11H11N3O4/c1-18-11(15)13-12-8-4-6-9-5-2-3-7-10(9)14(16)17/h2-8H,1H3,(H,13,15)/b6-4+,12-8-. The highest BCUT2D eigenvalue weighted by atomic mass is 16.6. The number of hydrogen-bond acceptors (Lipinski definition) is 5. The summed E-state index contributed by atoms with van der Waals surface area (Å²) < 4.78 is 4.29. The fraction of sp³-hybridized carbons (Fsp3) is 0.0909. The summed E-state index contributed by atoms with van der Waals surface area (Å²) in [5.41, 5.74) is 2.53. The summed E-state index contributed by atoms with van der Waals surface area (Å²) in [5.74, 6) is 0. The molecule has 0 unspecified atom stereocenters. The third kappa shape index (κ3) is 4.05. The predicted octanol–water partition coefficient (Wildman–Crippen LogP) is 1.95. The van der Waals surface area contributed by atoms with E-state index in [1.807, 2.05) is 0 Å². The lowest BCUT2D eigenvalue weighted by Gasteiger charge is -1.95. The second kappa shape index (κ2) is 6.79. The molecule has 0 aliphatic carbocycles. The summed E-state index contributed by atoms with van der Waals surface area (Å²) in [6.45, 7) is 0. The Morgan fingerprint density at radius 1 is 1.50 bits per heavy atom. The van der Waals surface area contributed by atoms with E-state index in [4.69, 9.17) is 0 Å². The number of allylic oxidation sites excluding steroid dienone is 1. The van der Waals surface area contributed by atoms with Gasteiger partial charge in [-0.05, 0) is 18.2 Å². The highest BCUT2D eigenvalue weighted by molar-refractivity contribution is 5.80. The summed E-state index contributed by atoms with van der Waals surface area (Å²) in [6.07, 6.45) is 3.58. The number of benzene rings is 1. The van der Waals surface area contributed by atoms with Crippen molar-refractivity contribution < 1.29 is 14.5 Å². The monoisotopic (exact) mass is 249 g/mol. The minimum absolute atomic E-state index is 0.00285. The molecule has 0 atom stereocenters. The zero-order valence-electron chi connectivity index (χ0n) is 9.57. The van der Waals surface area contributed by atoms with Crippen LogP contribution in [-0.2, 0) is 4.74 Å². The number of hydrazone groups is 1. The summed E-state index contributed by atoms with van der Waals surface area (Å²) >= 11 is 0. The minimum atomic E-state index is -0.689. The van der Waals surface area contributed by atoms with Crippen LogP contribution in [0.15, 0.2) is 35.4 Å². The Balaban J connectivity index is 2.67. The third-order valence-electron chi connectivity index (χ3n) is 1.91. The molecule has 7 heteroatoms. The Labute approximate surface area is 103 Å². The number of carbonyl (C=O) groups excluding carboxylic acids is 1. The zero-order chi connectivity index (χ0) is 13.4. The molecule has 1 aromatic carbocycles. The molecule has 0 aliphatic heterocycles. The van der Waals surface area contributed by atoms with Gasteiger partial charge in [-0.25, -0.2) is 10.2 Å². The summed E-state index contributed by atoms with van der Waals surface area (Å²) in [6, 6.07) is 6.29. The third-order valence-corrected chi connectivity index (χ3v) is 1.91. The minimum Gasteiger partial charge on any atom is -0.452 e. The number of rotatable bonds is 4. The molecule has 1 amide bonds. The van der Waals surface area contributed by atoms with E-state index in [2.05, 4.69) is 15.3 Å². The van der Waals surface area contributed by atoms with Gasteiger partial charge in [-0.1, -0.05) is 12.1 Å². The predicted molar refractivity (Wildman–Crippen MR) is 66.2 cm³/mol. The van der Waals surface area contributed by atoms with Gasteiger partial charge in [-0.15, -0.1) is 0 Å². The summed E-state index contributed by atoms with van der Waals surface area (Å²) in [7, 11) is 1.22. The maximum Gasteiger partial charge on any atom is 0.427 e. The Hall–Kier alpha value is -2.70. The fourth-order valence-corrected chi connectivity index (χ4v) is 1.12. The van der Waals surface area contributed by atoms with Gasteiger partial charge in [0.25, 0.3) is 5.69 Å². The normalized spacial score (nSPS) is 10.7. The van der Waals surface area contributed by atoms with Crippen molar-refractivity contribution in [1.29, 1.82) is 0 Å². The SMILES string of the molecule is COC(=O)N/N=C\C=C\c1ccccc1[N+](=O)[O-]. The van der Waals surface area contributed by atoms with Crippen LogP contribution < -0.4 is 5.43 Å². The lowest BCUT2D eigenvalue weighted by atomic mass is 10.2. The molecular formula is C11H11N3O4. The van der Waals surface area contributed by atoms with E-state index < -0.39 is 11.0 Å². The average Bonchev–Trinajstić information content (AvgIpc) is 2.38.